The Labute approximate surface area is 301 Å². The van der Waals surface area contributed by atoms with E-state index in [1.807, 2.05) is 0 Å². The maximum atomic E-state index is 4.93. The predicted octanol–water partition coefficient (Wildman–Crippen LogP) is 14.6. The van der Waals surface area contributed by atoms with Crippen LogP contribution in [-0.4, -0.2) is 9.52 Å². The zero-order valence-electron chi connectivity index (χ0n) is 29.2. The molecular formula is C42H54Cl2SiZr. The van der Waals surface area contributed by atoms with Crippen LogP contribution in [0, 0.1) is 0 Å². The van der Waals surface area contributed by atoms with Gasteiger partial charge in [0.15, 0.2) is 0 Å². The van der Waals surface area contributed by atoms with E-state index in [2.05, 4.69) is 133 Å². The number of halogens is 2. The van der Waals surface area contributed by atoms with Gasteiger partial charge in [0, 0.05) is 9.52 Å². The molecule has 1 aliphatic carbocycles. The van der Waals surface area contributed by atoms with Gasteiger partial charge in [0.05, 0.1) is 0 Å². The molecule has 0 aromatic heterocycles. The molecule has 0 N–H and O–H groups in total. The molecular weight excluding hydrogens is 695 g/mol. The molecule has 5 aromatic carbocycles. The van der Waals surface area contributed by atoms with Crippen molar-refractivity contribution < 1.29 is 20.8 Å². The van der Waals surface area contributed by atoms with Crippen LogP contribution in [0.5, 0.6) is 0 Å². The average molecular weight is 749 g/mol. The molecule has 1 aliphatic rings. The molecule has 2 radical (unpaired) electrons. The molecule has 46 heavy (non-hydrogen) atoms. The summed E-state index contributed by atoms with van der Waals surface area (Å²) in [6, 6.07) is 32.3. The quantitative estimate of drug-likeness (QED) is 0.115. The Morgan fingerprint density at radius 2 is 1.35 bits per heavy atom. The summed E-state index contributed by atoms with van der Waals surface area (Å²) < 4.78 is 0. The molecule has 5 aromatic rings. The molecule has 0 heterocycles. The van der Waals surface area contributed by atoms with Crippen molar-refractivity contribution in [1.82, 2.24) is 0 Å². The van der Waals surface area contributed by atoms with Crippen molar-refractivity contribution in [2.45, 2.75) is 117 Å². The van der Waals surface area contributed by atoms with Gasteiger partial charge in [0.25, 0.3) is 0 Å². The first-order valence-corrected chi connectivity index (χ1v) is 25.7. The van der Waals surface area contributed by atoms with Crippen LogP contribution in [0.1, 0.15) is 120 Å². The maximum absolute atomic E-state index is 4.93. The number of aryl methyl sites for hydroxylation is 1. The van der Waals surface area contributed by atoms with Gasteiger partial charge in [0.2, 0.25) is 0 Å². The number of hydrogen-bond donors (Lipinski definition) is 0. The van der Waals surface area contributed by atoms with Crippen LogP contribution in [0.4, 0.5) is 0 Å². The third-order valence-corrected chi connectivity index (χ3v) is 9.65. The van der Waals surface area contributed by atoms with Crippen LogP contribution < -0.4 is 0 Å². The SMILES string of the molecule is CCC(C)c1cc2c(C(C)CC)cccc2[cH-]1.CCc1cc2c(-c3ccc(C4CCCCC4)cc3)cccc2[cH-]1.C[Si]C.[Cl][Zr+2][Cl]. The third kappa shape index (κ3) is 10.8. The predicted molar refractivity (Wildman–Crippen MR) is 206 cm³/mol. The average Bonchev–Trinajstić information content (AvgIpc) is 3.74. The minimum atomic E-state index is -0.826. The van der Waals surface area contributed by atoms with Gasteiger partial charge in [-0.1, -0.05) is 127 Å². The molecule has 0 saturated heterocycles. The van der Waals surface area contributed by atoms with Crippen molar-refractivity contribution in [1.29, 1.82) is 0 Å². The van der Waals surface area contributed by atoms with E-state index in [-0.39, 0.29) is 0 Å². The van der Waals surface area contributed by atoms with Gasteiger partial charge in [-0.25, -0.2) is 0 Å². The summed E-state index contributed by atoms with van der Waals surface area (Å²) in [5.41, 5.74) is 8.71. The van der Waals surface area contributed by atoms with Crippen molar-refractivity contribution in [2.24, 2.45) is 0 Å². The Morgan fingerprint density at radius 1 is 0.761 bits per heavy atom. The number of rotatable bonds is 7. The Kier molecular flexibility index (Phi) is 17.7. The normalized spacial score (nSPS) is 14.2. The van der Waals surface area contributed by atoms with Crippen LogP contribution in [0.25, 0.3) is 32.7 Å². The molecule has 0 amide bonds. The Balaban J connectivity index is 0.000000221. The summed E-state index contributed by atoms with van der Waals surface area (Å²) in [7, 11) is 11.0. The third-order valence-electron chi connectivity index (χ3n) is 9.65. The summed E-state index contributed by atoms with van der Waals surface area (Å²) in [5, 5.41) is 5.65. The standard InChI is InChI=1S/C23H25.C17H23.C2H6Si.2ClH.Zr/c1-2-17-15-21-9-6-10-22(23(21)16-17)20-13-11-19(12-14-20)18-7-4-3-5-8-18;1-5-12(3)15-10-14-8-7-9-16(13(4)6-2)17(14)11-15;1-3-2;;;/h6,9-16,18H,2-5,7-8H2,1H3;7-13H,5-6H2,1-4H3;1-2H3;2*1H;/q2*-1;;;;+4/p-2. The molecule has 0 aliphatic heterocycles. The van der Waals surface area contributed by atoms with Gasteiger partial charge in [-0.2, -0.15) is 12.1 Å². The van der Waals surface area contributed by atoms with Gasteiger partial charge in [-0.05, 0) is 48.1 Å². The monoisotopic (exact) mass is 746 g/mol. The molecule has 1 fully saturated rings. The van der Waals surface area contributed by atoms with Crippen LogP contribution in [0.3, 0.4) is 0 Å². The Bertz CT molecular complexity index is 1560. The van der Waals surface area contributed by atoms with Gasteiger partial charge in [0.1, 0.15) is 0 Å². The van der Waals surface area contributed by atoms with Crippen molar-refractivity contribution in [3.8, 4) is 11.1 Å². The van der Waals surface area contributed by atoms with E-state index in [1.54, 1.807) is 0 Å². The fourth-order valence-electron chi connectivity index (χ4n) is 6.58. The zero-order chi connectivity index (χ0) is 33.5. The van der Waals surface area contributed by atoms with Gasteiger partial charge in [-0.15, -0.1) is 69.1 Å². The van der Waals surface area contributed by atoms with Crippen LogP contribution in [-0.2, 0) is 27.3 Å². The van der Waals surface area contributed by atoms with E-state index < -0.39 is 20.8 Å². The fraction of sp³-hybridized carbons (Fsp3) is 0.429. The minimum absolute atomic E-state index is 0.658. The van der Waals surface area contributed by atoms with Gasteiger partial charge < -0.3 is 0 Å². The molecule has 1 saturated carbocycles. The van der Waals surface area contributed by atoms with Crippen molar-refractivity contribution in [3.05, 3.63) is 107 Å². The van der Waals surface area contributed by atoms with Crippen LogP contribution >= 0.6 is 17.0 Å². The number of fused-ring (bicyclic) bond motifs is 2. The Hall–Kier alpha value is -1.44. The molecule has 4 heteroatoms. The van der Waals surface area contributed by atoms with E-state index in [0.29, 0.717) is 11.8 Å². The fourth-order valence-corrected chi connectivity index (χ4v) is 6.58. The molecule has 2 atom stereocenters. The summed E-state index contributed by atoms with van der Waals surface area (Å²) in [6.07, 6.45) is 10.5. The second-order valence-corrected chi connectivity index (χ2v) is 17.5. The summed E-state index contributed by atoms with van der Waals surface area (Å²) >= 11 is -0.826. The van der Waals surface area contributed by atoms with Crippen molar-refractivity contribution in [2.75, 3.05) is 0 Å². The molecule has 0 bridgehead atoms. The first kappa shape index (κ1) is 39.0. The number of hydrogen-bond acceptors (Lipinski definition) is 0. The van der Waals surface area contributed by atoms with Crippen LogP contribution in [0.15, 0.2) is 84.9 Å². The summed E-state index contributed by atoms with van der Waals surface area (Å²) in [5.74, 6) is 2.12. The van der Waals surface area contributed by atoms with Crippen molar-refractivity contribution in [3.63, 3.8) is 0 Å². The molecule has 6 rings (SSSR count). The Morgan fingerprint density at radius 3 is 1.93 bits per heavy atom. The molecule has 244 valence electrons. The van der Waals surface area contributed by atoms with E-state index in [4.69, 9.17) is 17.0 Å². The second kappa shape index (κ2) is 20.8. The summed E-state index contributed by atoms with van der Waals surface area (Å²) in [6.45, 7) is 15.7. The molecule has 0 nitrogen and oxygen atoms in total. The first-order valence-electron chi connectivity index (χ1n) is 17.4. The zero-order valence-corrected chi connectivity index (χ0v) is 34.2. The molecule has 2 unspecified atom stereocenters. The van der Waals surface area contributed by atoms with E-state index >= 15 is 0 Å². The molecule has 0 spiro atoms. The van der Waals surface area contributed by atoms with Gasteiger partial charge in [-0.3, -0.25) is 0 Å². The van der Waals surface area contributed by atoms with Crippen molar-refractivity contribution >= 4 is 48.1 Å². The van der Waals surface area contributed by atoms with Crippen LogP contribution in [0.2, 0.25) is 13.1 Å². The van der Waals surface area contributed by atoms with E-state index in [0.717, 1.165) is 21.9 Å². The van der Waals surface area contributed by atoms with E-state index in [1.165, 1.54) is 99.9 Å². The number of benzene rings is 3. The summed E-state index contributed by atoms with van der Waals surface area (Å²) in [4.78, 5) is 0. The van der Waals surface area contributed by atoms with E-state index in [9.17, 15) is 0 Å². The topological polar surface area (TPSA) is 0 Å². The second-order valence-electron chi connectivity index (χ2n) is 12.8. The van der Waals surface area contributed by atoms with Gasteiger partial charge >= 0.3 is 37.9 Å². The first-order chi connectivity index (χ1) is 22.3.